The van der Waals surface area contributed by atoms with Crippen molar-refractivity contribution in [1.29, 1.82) is 0 Å². The number of alkyl halides is 3. The summed E-state index contributed by atoms with van der Waals surface area (Å²) < 4.78 is 38.7. The van der Waals surface area contributed by atoms with Gasteiger partial charge in [-0.05, 0) is 37.4 Å². The van der Waals surface area contributed by atoms with Crippen LogP contribution in [0.2, 0.25) is 0 Å². The molecule has 0 amide bonds. The van der Waals surface area contributed by atoms with Crippen molar-refractivity contribution in [2.75, 3.05) is 19.6 Å². The van der Waals surface area contributed by atoms with E-state index in [2.05, 4.69) is 10.8 Å². The summed E-state index contributed by atoms with van der Waals surface area (Å²) in [6.07, 6.45) is 4.10. The summed E-state index contributed by atoms with van der Waals surface area (Å²) in [6, 6.07) is 5.76. The van der Waals surface area contributed by atoms with Crippen molar-refractivity contribution in [2.24, 2.45) is 0 Å². The van der Waals surface area contributed by atoms with E-state index in [1.54, 1.807) is 12.1 Å². The van der Waals surface area contributed by atoms with E-state index in [0.717, 1.165) is 32.1 Å². The number of terminal acetylenes is 1. The summed E-state index contributed by atoms with van der Waals surface area (Å²) in [4.78, 5) is 2.21. The molecule has 5 heteroatoms. The van der Waals surface area contributed by atoms with Gasteiger partial charge in [0.15, 0.2) is 0 Å². The number of likely N-dealkylation sites (tertiary alicyclic amines) is 1. The van der Waals surface area contributed by atoms with E-state index in [1.807, 2.05) is 0 Å². The molecule has 0 atom stereocenters. The van der Waals surface area contributed by atoms with E-state index in [9.17, 15) is 18.3 Å². The van der Waals surface area contributed by atoms with Crippen molar-refractivity contribution in [3.63, 3.8) is 0 Å². The van der Waals surface area contributed by atoms with Crippen LogP contribution < -0.4 is 0 Å². The highest BCUT2D eigenvalue weighted by molar-refractivity contribution is 5.29. The van der Waals surface area contributed by atoms with Crippen LogP contribution >= 0.6 is 0 Å². The molecule has 0 bridgehead atoms. The SMILES string of the molecule is C#CC1(O)CCN(CCCCc2ccccc2C(F)(F)F)CC1. The summed E-state index contributed by atoms with van der Waals surface area (Å²) in [5.41, 5.74) is -1.15. The number of halogens is 3. The maximum Gasteiger partial charge on any atom is 0.416 e. The van der Waals surface area contributed by atoms with Crippen LogP contribution in [-0.4, -0.2) is 35.2 Å². The highest BCUT2D eigenvalue weighted by atomic mass is 19.4. The molecule has 1 aromatic carbocycles. The molecule has 2 rings (SSSR count). The topological polar surface area (TPSA) is 23.5 Å². The van der Waals surface area contributed by atoms with E-state index in [1.165, 1.54) is 6.07 Å². The van der Waals surface area contributed by atoms with Gasteiger partial charge in [0.1, 0.15) is 5.60 Å². The van der Waals surface area contributed by atoms with Gasteiger partial charge >= 0.3 is 6.18 Å². The fraction of sp³-hybridized carbons (Fsp3) is 0.556. The smallest absolute Gasteiger partial charge is 0.378 e. The predicted molar refractivity (Wildman–Crippen MR) is 83.8 cm³/mol. The van der Waals surface area contributed by atoms with Gasteiger partial charge in [-0.3, -0.25) is 0 Å². The Kier molecular flexibility index (Phi) is 5.72. The van der Waals surface area contributed by atoms with E-state index in [4.69, 9.17) is 6.42 Å². The lowest BCUT2D eigenvalue weighted by atomic mass is 9.92. The van der Waals surface area contributed by atoms with Crippen LogP contribution in [0.15, 0.2) is 24.3 Å². The number of aryl methyl sites for hydroxylation is 1. The lowest BCUT2D eigenvalue weighted by molar-refractivity contribution is -0.138. The third-order valence-corrected chi connectivity index (χ3v) is 4.45. The molecular formula is C18H22F3NO. The van der Waals surface area contributed by atoms with Gasteiger partial charge < -0.3 is 10.0 Å². The lowest BCUT2D eigenvalue weighted by Crippen LogP contribution is -2.43. The zero-order chi connectivity index (χ0) is 16.9. The number of hydrogen-bond acceptors (Lipinski definition) is 2. The molecule has 1 aromatic rings. The van der Waals surface area contributed by atoms with Crippen molar-refractivity contribution in [3.05, 3.63) is 35.4 Å². The average molecular weight is 325 g/mol. The Labute approximate surface area is 135 Å². The number of hydrogen-bond donors (Lipinski definition) is 1. The normalized spacial score (nSPS) is 18.6. The van der Waals surface area contributed by atoms with Gasteiger partial charge in [0.05, 0.1) is 5.56 Å². The maximum atomic E-state index is 12.9. The summed E-state index contributed by atoms with van der Waals surface area (Å²) in [7, 11) is 0. The Hall–Kier alpha value is -1.51. The van der Waals surface area contributed by atoms with Gasteiger partial charge in [0, 0.05) is 25.9 Å². The molecule has 0 unspecified atom stereocenters. The average Bonchev–Trinajstić information content (AvgIpc) is 2.53. The maximum absolute atomic E-state index is 12.9. The quantitative estimate of drug-likeness (QED) is 0.662. The standard InChI is InChI=1S/C18H22F3NO/c1-2-17(23)10-13-22(14-11-17)12-6-5-8-15-7-3-4-9-16(15)18(19,20)21/h1,3-4,7,9,23H,5-6,8,10-14H2. The molecule has 1 heterocycles. The molecular weight excluding hydrogens is 303 g/mol. The highest BCUT2D eigenvalue weighted by Gasteiger charge is 2.32. The number of unbranched alkanes of at least 4 members (excludes halogenated alkanes) is 1. The van der Waals surface area contributed by atoms with E-state index in [0.29, 0.717) is 31.2 Å². The zero-order valence-electron chi connectivity index (χ0n) is 13.1. The monoisotopic (exact) mass is 325 g/mol. The first kappa shape index (κ1) is 17.8. The first-order chi connectivity index (χ1) is 10.8. The Balaban J connectivity index is 1.76. The third kappa shape index (κ3) is 4.98. The Morgan fingerprint density at radius 1 is 1.17 bits per heavy atom. The van der Waals surface area contributed by atoms with Crippen LogP contribution in [0.5, 0.6) is 0 Å². The minimum Gasteiger partial charge on any atom is -0.378 e. The van der Waals surface area contributed by atoms with Gasteiger partial charge in [-0.15, -0.1) is 6.42 Å². The van der Waals surface area contributed by atoms with E-state index >= 15 is 0 Å². The van der Waals surface area contributed by atoms with E-state index in [-0.39, 0.29) is 0 Å². The second kappa shape index (κ2) is 7.37. The van der Waals surface area contributed by atoms with Crippen molar-refractivity contribution in [3.8, 4) is 12.3 Å². The largest absolute Gasteiger partial charge is 0.416 e. The number of benzene rings is 1. The first-order valence-electron chi connectivity index (χ1n) is 7.92. The summed E-state index contributed by atoms with van der Waals surface area (Å²) in [6.45, 7) is 2.30. The Morgan fingerprint density at radius 2 is 1.83 bits per heavy atom. The molecule has 0 radical (unpaired) electrons. The molecule has 1 fully saturated rings. The number of nitrogens with zero attached hydrogens (tertiary/aromatic N) is 1. The van der Waals surface area contributed by atoms with Crippen molar-refractivity contribution < 1.29 is 18.3 Å². The highest BCUT2D eigenvalue weighted by Crippen LogP contribution is 2.32. The lowest BCUT2D eigenvalue weighted by Gasteiger charge is -2.34. The molecule has 1 saturated heterocycles. The van der Waals surface area contributed by atoms with Gasteiger partial charge in [0.25, 0.3) is 0 Å². The molecule has 0 aromatic heterocycles. The minimum atomic E-state index is -4.29. The second-order valence-corrected chi connectivity index (χ2v) is 6.13. The molecule has 126 valence electrons. The molecule has 0 aliphatic carbocycles. The van der Waals surface area contributed by atoms with Crippen molar-refractivity contribution in [1.82, 2.24) is 4.90 Å². The second-order valence-electron chi connectivity index (χ2n) is 6.13. The summed E-state index contributed by atoms with van der Waals surface area (Å²) >= 11 is 0. The molecule has 23 heavy (non-hydrogen) atoms. The summed E-state index contributed by atoms with van der Waals surface area (Å²) in [5.74, 6) is 2.43. The molecule has 0 spiro atoms. The summed E-state index contributed by atoms with van der Waals surface area (Å²) in [5, 5.41) is 9.96. The third-order valence-electron chi connectivity index (χ3n) is 4.45. The van der Waals surface area contributed by atoms with Crippen LogP contribution in [0.25, 0.3) is 0 Å². The zero-order valence-corrected chi connectivity index (χ0v) is 13.1. The fourth-order valence-corrected chi connectivity index (χ4v) is 2.96. The number of piperidine rings is 1. The van der Waals surface area contributed by atoms with Crippen molar-refractivity contribution >= 4 is 0 Å². The van der Waals surface area contributed by atoms with Crippen LogP contribution in [0.3, 0.4) is 0 Å². The molecule has 0 saturated carbocycles. The van der Waals surface area contributed by atoms with Crippen LogP contribution in [0.1, 0.15) is 36.8 Å². The fourth-order valence-electron chi connectivity index (χ4n) is 2.96. The van der Waals surface area contributed by atoms with Crippen molar-refractivity contribution in [2.45, 2.75) is 43.9 Å². The van der Waals surface area contributed by atoms with E-state index < -0.39 is 17.3 Å². The first-order valence-corrected chi connectivity index (χ1v) is 7.92. The van der Waals surface area contributed by atoms with Gasteiger partial charge in [-0.2, -0.15) is 13.2 Å². The minimum absolute atomic E-state index is 0.361. The Morgan fingerprint density at radius 3 is 2.43 bits per heavy atom. The Bertz CT molecular complexity index is 554. The molecule has 1 N–H and O–H groups in total. The number of aliphatic hydroxyl groups is 1. The molecule has 1 aliphatic heterocycles. The van der Waals surface area contributed by atoms with Gasteiger partial charge in [0.2, 0.25) is 0 Å². The predicted octanol–water partition coefficient (Wildman–Crippen LogP) is 3.49. The number of rotatable bonds is 5. The molecule has 2 nitrogen and oxygen atoms in total. The molecule has 1 aliphatic rings. The van der Waals surface area contributed by atoms with Crippen LogP contribution in [-0.2, 0) is 12.6 Å². The van der Waals surface area contributed by atoms with Crippen LogP contribution in [0, 0.1) is 12.3 Å². The van der Waals surface area contributed by atoms with Gasteiger partial charge in [-0.1, -0.05) is 24.1 Å². The van der Waals surface area contributed by atoms with Crippen LogP contribution in [0.4, 0.5) is 13.2 Å². The van der Waals surface area contributed by atoms with Gasteiger partial charge in [-0.25, -0.2) is 0 Å².